The van der Waals surface area contributed by atoms with Gasteiger partial charge in [0.2, 0.25) is 0 Å². The molecule has 4 heteroatoms. The summed E-state index contributed by atoms with van der Waals surface area (Å²) >= 11 is 0. The first-order chi connectivity index (χ1) is 7.25. The quantitative estimate of drug-likeness (QED) is 0.551. The van der Waals surface area contributed by atoms with Gasteiger partial charge in [0.25, 0.3) is 0 Å². The Bertz CT molecular complexity index is 358. The molecule has 1 aromatic carbocycles. The van der Waals surface area contributed by atoms with Gasteiger partial charge in [-0.3, -0.25) is 10.6 Å². The number of fused-ring (bicyclic) bond motifs is 1. The molecule has 0 aromatic heterocycles. The van der Waals surface area contributed by atoms with Crippen LogP contribution in [0.25, 0.3) is 0 Å². The van der Waals surface area contributed by atoms with Crippen LogP contribution in [0.4, 0.5) is 11.4 Å². The topological polar surface area (TPSA) is 48.1 Å². The van der Waals surface area contributed by atoms with E-state index in [0.717, 1.165) is 12.2 Å². The maximum atomic E-state index is 3.39. The zero-order chi connectivity index (χ0) is 10.9. The summed E-state index contributed by atoms with van der Waals surface area (Å²) in [5.74, 6) is 0. The second-order valence-electron chi connectivity index (χ2n) is 3.77. The Labute approximate surface area is 90.4 Å². The van der Waals surface area contributed by atoms with E-state index in [9.17, 15) is 0 Å². The molecule has 0 amide bonds. The number of benzene rings is 1. The zero-order valence-electron chi connectivity index (χ0n) is 9.44. The van der Waals surface area contributed by atoms with Gasteiger partial charge in [-0.15, -0.1) is 0 Å². The van der Waals surface area contributed by atoms with Crippen LogP contribution in [0.2, 0.25) is 0 Å². The van der Waals surface area contributed by atoms with Gasteiger partial charge in [0.1, 0.15) is 5.66 Å². The summed E-state index contributed by atoms with van der Waals surface area (Å²) in [7, 11) is 5.88. The van der Waals surface area contributed by atoms with Crippen molar-refractivity contribution < 1.29 is 0 Å². The Morgan fingerprint density at radius 1 is 1.20 bits per heavy atom. The molecular weight excluding hydrogens is 188 g/mol. The van der Waals surface area contributed by atoms with Crippen LogP contribution >= 0.6 is 0 Å². The minimum absolute atomic E-state index is 0.151. The number of anilines is 2. The zero-order valence-corrected chi connectivity index (χ0v) is 9.44. The molecule has 0 radical (unpaired) electrons. The van der Waals surface area contributed by atoms with Crippen LogP contribution in [0.15, 0.2) is 18.2 Å². The lowest BCUT2D eigenvalue weighted by Gasteiger charge is -2.28. The molecule has 1 heterocycles. The molecule has 0 unspecified atom stereocenters. The molecule has 82 valence electrons. The predicted molar refractivity (Wildman–Crippen MR) is 64.3 cm³/mol. The highest BCUT2D eigenvalue weighted by molar-refractivity contribution is 5.65. The van der Waals surface area contributed by atoms with Gasteiger partial charge in [-0.05, 0) is 32.3 Å². The Hall–Kier alpha value is -1.26. The minimum atomic E-state index is -0.151. The fourth-order valence-corrected chi connectivity index (χ4v) is 2.10. The summed E-state index contributed by atoms with van der Waals surface area (Å²) in [4.78, 5) is 0. The lowest BCUT2D eigenvalue weighted by molar-refractivity contribution is 0.338. The van der Waals surface area contributed by atoms with Gasteiger partial charge in [0.15, 0.2) is 0 Å². The third-order valence-electron chi connectivity index (χ3n) is 3.17. The summed E-state index contributed by atoms with van der Waals surface area (Å²) in [5, 5.41) is 13.2. The van der Waals surface area contributed by atoms with Gasteiger partial charge in [-0.2, -0.15) is 0 Å². The number of hydrogen-bond acceptors (Lipinski definition) is 4. The van der Waals surface area contributed by atoms with E-state index >= 15 is 0 Å². The van der Waals surface area contributed by atoms with Crippen LogP contribution in [0.1, 0.15) is 5.56 Å². The van der Waals surface area contributed by atoms with E-state index in [1.165, 1.54) is 11.3 Å². The van der Waals surface area contributed by atoms with Crippen LogP contribution in [-0.2, 0) is 5.66 Å². The number of likely N-dealkylation sites (N-methyl/N-ethyl adjacent to an activating group) is 2. The van der Waals surface area contributed by atoms with Gasteiger partial charge in [0.05, 0.1) is 6.54 Å². The predicted octanol–water partition coefficient (Wildman–Crippen LogP) is 0.745. The van der Waals surface area contributed by atoms with E-state index in [1.807, 2.05) is 21.1 Å². The fourth-order valence-electron chi connectivity index (χ4n) is 2.10. The van der Waals surface area contributed by atoms with Gasteiger partial charge in [-0.25, -0.2) is 0 Å². The van der Waals surface area contributed by atoms with Crippen LogP contribution in [0.3, 0.4) is 0 Å². The van der Waals surface area contributed by atoms with Crippen LogP contribution in [-0.4, -0.2) is 27.7 Å². The van der Waals surface area contributed by atoms with Gasteiger partial charge in [-0.1, -0.05) is 0 Å². The first-order valence-electron chi connectivity index (χ1n) is 5.20. The molecule has 4 N–H and O–H groups in total. The smallest absolute Gasteiger partial charge is 0.114 e. The van der Waals surface area contributed by atoms with E-state index in [0.29, 0.717) is 0 Å². The number of hydrogen-bond donors (Lipinski definition) is 4. The Morgan fingerprint density at radius 2 is 1.93 bits per heavy atom. The van der Waals surface area contributed by atoms with Gasteiger partial charge >= 0.3 is 0 Å². The molecule has 0 atom stereocenters. The molecule has 0 bridgehead atoms. The normalized spacial score (nSPS) is 17.0. The van der Waals surface area contributed by atoms with E-state index in [-0.39, 0.29) is 5.66 Å². The average molecular weight is 206 g/mol. The van der Waals surface area contributed by atoms with Gasteiger partial charge < -0.3 is 10.6 Å². The van der Waals surface area contributed by atoms with E-state index in [4.69, 9.17) is 0 Å². The van der Waals surface area contributed by atoms with E-state index in [1.54, 1.807) is 0 Å². The molecule has 4 nitrogen and oxygen atoms in total. The SMILES string of the molecule is CNc1ccc2c(c1)C(NC)(NC)CN2. The lowest BCUT2D eigenvalue weighted by atomic mass is 10.0. The maximum Gasteiger partial charge on any atom is 0.114 e. The van der Waals surface area contributed by atoms with Crippen molar-refractivity contribution in [2.75, 3.05) is 38.3 Å². The molecule has 0 saturated carbocycles. The molecule has 1 aliphatic rings. The Kier molecular flexibility index (Phi) is 2.54. The Balaban J connectivity index is 2.47. The molecule has 15 heavy (non-hydrogen) atoms. The summed E-state index contributed by atoms with van der Waals surface area (Å²) < 4.78 is 0. The average Bonchev–Trinajstić information content (AvgIpc) is 2.67. The van der Waals surface area contributed by atoms with Crippen molar-refractivity contribution in [3.8, 4) is 0 Å². The second-order valence-corrected chi connectivity index (χ2v) is 3.77. The molecule has 0 saturated heterocycles. The third-order valence-corrected chi connectivity index (χ3v) is 3.17. The van der Waals surface area contributed by atoms with E-state index in [2.05, 4.69) is 39.5 Å². The molecular formula is C11H18N4. The number of nitrogens with one attached hydrogen (secondary N) is 4. The highest BCUT2D eigenvalue weighted by Gasteiger charge is 2.35. The van der Waals surface area contributed by atoms with Crippen molar-refractivity contribution in [1.82, 2.24) is 10.6 Å². The minimum Gasteiger partial charge on any atom is -0.388 e. The van der Waals surface area contributed by atoms with Crippen molar-refractivity contribution in [2.24, 2.45) is 0 Å². The molecule has 0 fully saturated rings. The molecule has 0 spiro atoms. The van der Waals surface area contributed by atoms with Crippen LogP contribution in [0.5, 0.6) is 0 Å². The van der Waals surface area contributed by atoms with Crippen molar-refractivity contribution in [3.05, 3.63) is 23.8 Å². The van der Waals surface area contributed by atoms with Crippen LogP contribution < -0.4 is 21.3 Å². The molecule has 2 rings (SSSR count). The summed E-state index contributed by atoms with van der Waals surface area (Å²) in [5.41, 5.74) is 3.44. The third kappa shape index (κ3) is 1.46. The second kappa shape index (κ2) is 3.72. The standard InChI is InChI=1S/C11H18N4/c1-12-8-4-5-10-9(6-8)11(13-2,14-3)7-15-10/h4-6,12-15H,7H2,1-3H3. The van der Waals surface area contributed by atoms with Crippen molar-refractivity contribution in [1.29, 1.82) is 0 Å². The van der Waals surface area contributed by atoms with Crippen LogP contribution in [0, 0.1) is 0 Å². The largest absolute Gasteiger partial charge is 0.388 e. The van der Waals surface area contributed by atoms with Crippen molar-refractivity contribution >= 4 is 11.4 Å². The highest BCUT2D eigenvalue weighted by Crippen LogP contribution is 2.34. The monoisotopic (exact) mass is 206 g/mol. The maximum absolute atomic E-state index is 3.39. The first-order valence-corrected chi connectivity index (χ1v) is 5.20. The Morgan fingerprint density at radius 3 is 2.53 bits per heavy atom. The van der Waals surface area contributed by atoms with Crippen molar-refractivity contribution in [3.63, 3.8) is 0 Å². The fraction of sp³-hybridized carbons (Fsp3) is 0.455. The molecule has 0 aliphatic carbocycles. The number of rotatable bonds is 3. The lowest BCUT2D eigenvalue weighted by Crippen LogP contribution is -2.52. The van der Waals surface area contributed by atoms with Crippen molar-refractivity contribution in [2.45, 2.75) is 5.66 Å². The van der Waals surface area contributed by atoms with E-state index < -0.39 is 0 Å². The highest BCUT2D eigenvalue weighted by atomic mass is 15.2. The molecule has 1 aliphatic heterocycles. The first kappa shape index (κ1) is 10.3. The summed E-state index contributed by atoms with van der Waals surface area (Å²) in [6.45, 7) is 0.864. The summed E-state index contributed by atoms with van der Waals surface area (Å²) in [6.07, 6.45) is 0. The summed E-state index contributed by atoms with van der Waals surface area (Å²) in [6, 6.07) is 6.35. The molecule has 1 aromatic rings. The van der Waals surface area contributed by atoms with Gasteiger partial charge in [0, 0.05) is 24.0 Å².